The molecule has 12 heavy (non-hydrogen) atoms. The van der Waals surface area contributed by atoms with Gasteiger partial charge in [-0.3, -0.25) is 0 Å². The normalized spacial score (nSPS) is 9.50. The molecule has 0 saturated heterocycles. The third kappa shape index (κ3) is 2.03. The first-order valence-electron chi connectivity index (χ1n) is 3.75. The van der Waals surface area contributed by atoms with Crippen LogP contribution in [0.15, 0.2) is 24.3 Å². The van der Waals surface area contributed by atoms with Crippen LogP contribution in [0.3, 0.4) is 0 Å². The second-order valence-corrected chi connectivity index (χ2v) is 2.80. The van der Waals surface area contributed by atoms with Gasteiger partial charge in [0, 0.05) is 19.3 Å². The van der Waals surface area contributed by atoms with Crippen molar-refractivity contribution in [1.29, 1.82) is 0 Å². The topological polar surface area (TPSA) is 29.3 Å². The van der Waals surface area contributed by atoms with Crippen molar-refractivity contribution < 1.29 is 0 Å². The first-order chi connectivity index (χ1) is 5.77. The number of nitrogens with zero attached hydrogens (tertiary/aromatic N) is 1. The summed E-state index contributed by atoms with van der Waals surface area (Å²) in [7, 11) is 1.92. The molecule has 0 heterocycles. The number of benzene rings is 1. The molecule has 0 spiro atoms. The Hall–Kier alpha value is -0.930. The maximum atomic E-state index is 5.51. The van der Waals surface area contributed by atoms with Gasteiger partial charge in [0.05, 0.1) is 5.49 Å². The molecule has 0 atom stereocenters. The van der Waals surface area contributed by atoms with E-state index < -0.39 is 0 Å². The van der Waals surface area contributed by atoms with E-state index in [9.17, 15) is 0 Å². The Morgan fingerprint density at radius 1 is 1.58 bits per heavy atom. The minimum Gasteiger partial charge on any atom is -0.342 e. The Bertz CT molecular complexity index is 273. The number of anilines is 1. The van der Waals surface area contributed by atoms with Crippen LogP contribution in [0.2, 0.25) is 0 Å². The average Bonchev–Trinajstić information content (AvgIpc) is 2.17. The van der Waals surface area contributed by atoms with Gasteiger partial charge in [-0.15, -0.1) is 0 Å². The molecular weight excluding hydrogens is 168 g/mol. The lowest BCUT2D eigenvalue weighted by Crippen LogP contribution is -2.12. The van der Waals surface area contributed by atoms with E-state index in [1.807, 2.05) is 36.2 Å². The quantitative estimate of drug-likeness (QED) is 0.715. The molecule has 0 bridgehead atoms. The van der Waals surface area contributed by atoms with Gasteiger partial charge in [-0.2, -0.15) is 0 Å². The van der Waals surface area contributed by atoms with Crippen molar-refractivity contribution in [3.63, 3.8) is 0 Å². The molecule has 64 valence electrons. The fourth-order valence-corrected chi connectivity index (χ4v) is 1.09. The Morgan fingerprint density at radius 3 is 2.92 bits per heavy atom. The van der Waals surface area contributed by atoms with Gasteiger partial charge in [-0.05, 0) is 17.7 Å². The zero-order valence-corrected chi connectivity index (χ0v) is 7.84. The molecule has 0 saturated carbocycles. The molecule has 0 fully saturated rings. The van der Waals surface area contributed by atoms with Crippen LogP contribution in [0.5, 0.6) is 0 Å². The number of thiocarbonyl (C=S) groups is 1. The number of hydrogen-bond acceptors (Lipinski definition) is 2. The lowest BCUT2D eigenvalue weighted by atomic mass is 10.2. The Kier molecular flexibility index (Phi) is 3.19. The molecule has 0 aliphatic rings. The van der Waals surface area contributed by atoms with E-state index in [1.165, 1.54) is 0 Å². The van der Waals surface area contributed by atoms with Crippen molar-refractivity contribution >= 4 is 23.4 Å². The van der Waals surface area contributed by atoms with Gasteiger partial charge < -0.3 is 10.6 Å². The van der Waals surface area contributed by atoms with Crippen LogP contribution < -0.4 is 10.6 Å². The average molecular weight is 180 g/mol. The van der Waals surface area contributed by atoms with Gasteiger partial charge in [0.25, 0.3) is 0 Å². The highest BCUT2D eigenvalue weighted by atomic mass is 32.1. The predicted molar refractivity (Wildman–Crippen MR) is 56.4 cm³/mol. The first-order valence-corrected chi connectivity index (χ1v) is 4.22. The van der Waals surface area contributed by atoms with Crippen LogP contribution in [-0.4, -0.2) is 12.5 Å². The van der Waals surface area contributed by atoms with Crippen molar-refractivity contribution in [3.8, 4) is 0 Å². The van der Waals surface area contributed by atoms with Crippen LogP contribution in [0, 0.1) is 0 Å². The second kappa shape index (κ2) is 4.18. The smallest absolute Gasteiger partial charge is 0.0682 e. The van der Waals surface area contributed by atoms with Crippen molar-refractivity contribution in [3.05, 3.63) is 29.8 Å². The van der Waals surface area contributed by atoms with Crippen LogP contribution in [-0.2, 0) is 6.54 Å². The summed E-state index contributed by atoms with van der Waals surface area (Å²) in [5.74, 6) is 0. The Balaban J connectivity index is 2.93. The summed E-state index contributed by atoms with van der Waals surface area (Å²) in [4.78, 5) is 1.88. The van der Waals surface area contributed by atoms with Gasteiger partial charge in [0.2, 0.25) is 0 Å². The van der Waals surface area contributed by atoms with Crippen LogP contribution >= 0.6 is 12.2 Å². The van der Waals surface area contributed by atoms with Crippen molar-refractivity contribution in [2.45, 2.75) is 6.54 Å². The minimum absolute atomic E-state index is 0.569. The van der Waals surface area contributed by atoms with E-state index in [1.54, 1.807) is 5.49 Å². The zero-order valence-electron chi connectivity index (χ0n) is 7.03. The summed E-state index contributed by atoms with van der Waals surface area (Å²) in [5.41, 5.74) is 9.31. The van der Waals surface area contributed by atoms with Gasteiger partial charge in [0.1, 0.15) is 0 Å². The van der Waals surface area contributed by atoms with Gasteiger partial charge >= 0.3 is 0 Å². The highest BCUT2D eigenvalue weighted by Gasteiger charge is 1.96. The van der Waals surface area contributed by atoms with E-state index in [2.05, 4.69) is 0 Å². The van der Waals surface area contributed by atoms with Gasteiger partial charge in [-0.1, -0.05) is 24.4 Å². The molecular formula is C9H12N2S. The lowest BCUT2D eigenvalue weighted by molar-refractivity contribution is 1.07. The molecule has 2 nitrogen and oxygen atoms in total. The summed E-state index contributed by atoms with van der Waals surface area (Å²) in [6.45, 7) is 0.569. The third-order valence-corrected chi connectivity index (χ3v) is 2.03. The number of hydrogen-bond donors (Lipinski definition) is 1. The molecule has 3 heteroatoms. The lowest BCUT2D eigenvalue weighted by Gasteiger charge is -2.12. The Morgan fingerprint density at radius 2 is 2.33 bits per heavy atom. The molecule has 1 aromatic carbocycles. The highest BCUT2D eigenvalue weighted by Crippen LogP contribution is 2.12. The molecule has 0 amide bonds. The molecule has 0 unspecified atom stereocenters. The zero-order chi connectivity index (χ0) is 8.97. The van der Waals surface area contributed by atoms with Gasteiger partial charge in [-0.25, -0.2) is 0 Å². The van der Waals surface area contributed by atoms with Crippen molar-refractivity contribution in [2.75, 3.05) is 11.9 Å². The molecule has 0 aliphatic heterocycles. The fraction of sp³-hybridized carbons (Fsp3) is 0.222. The summed E-state index contributed by atoms with van der Waals surface area (Å²) in [5, 5.41) is 0. The maximum absolute atomic E-state index is 5.51. The summed E-state index contributed by atoms with van der Waals surface area (Å²) < 4.78 is 0. The van der Waals surface area contributed by atoms with E-state index in [-0.39, 0.29) is 0 Å². The van der Waals surface area contributed by atoms with E-state index in [0.717, 1.165) is 11.3 Å². The number of nitrogens with two attached hydrogens (primary N) is 1. The van der Waals surface area contributed by atoms with E-state index in [4.69, 9.17) is 18.0 Å². The highest BCUT2D eigenvalue weighted by molar-refractivity contribution is 7.79. The summed E-state index contributed by atoms with van der Waals surface area (Å²) >= 11 is 4.81. The fourth-order valence-electron chi connectivity index (χ4n) is 0.964. The SMILES string of the molecule is CN(C=S)c1cccc(CN)c1. The van der Waals surface area contributed by atoms with E-state index in [0.29, 0.717) is 6.54 Å². The molecule has 2 N–H and O–H groups in total. The van der Waals surface area contributed by atoms with Crippen molar-refractivity contribution in [2.24, 2.45) is 5.73 Å². The summed E-state index contributed by atoms with van der Waals surface area (Å²) in [6.07, 6.45) is 0. The monoisotopic (exact) mass is 180 g/mol. The summed E-state index contributed by atoms with van der Waals surface area (Å²) in [6, 6.07) is 8.01. The maximum Gasteiger partial charge on any atom is 0.0682 e. The van der Waals surface area contributed by atoms with Crippen LogP contribution in [0.4, 0.5) is 5.69 Å². The van der Waals surface area contributed by atoms with Crippen molar-refractivity contribution in [1.82, 2.24) is 0 Å². The third-order valence-electron chi connectivity index (χ3n) is 1.71. The molecule has 1 rings (SSSR count). The standard InChI is InChI=1S/C9H12N2S/c1-11(7-12)9-4-2-3-8(5-9)6-10/h2-5,7H,6,10H2,1H3. The van der Waals surface area contributed by atoms with Crippen LogP contribution in [0.1, 0.15) is 5.56 Å². The first kappa shape index (κ1) is 9.16. The minimum atomic E-state index is 0.569. The predicted octanol–water partition coefficient (Wildman–Crippen LogP) is 1.54. The molecule has 0 aromatic heterocycles. The van der Waals surface area contributed by atoms with Crippen LogP contribution in [0.25, 0.3) is 0 Å². The molecule has 1 aromatic rings. The largest absolute Gasteiger partial charge is 0.342 e. The second-order valence-electron chi connectivity index (χ2n) is 2.59. The van der Waals surface area contributed by atoms with Gasteiger partial charge in [0.15, 0.2) is 0 Å². The molecule has 0 radical (unpaired) electrons. The Labute approximate surface area is 78.0 Å². The van der Waals surface area contributed by atoms with E-state index >= 15 is 0 Å². The molecule has 0 aliphatic carbocycles. The number of rotatable bonds is 3.